The molecule has 6 heteroatoms. The quantitative estimate of drug-likeness (QED) is 0.844. The van der Waals surface area contributed by atoms with Crippen LogP contribution in [0.15, 0.2) is 12.4 Å². The Morgan fingerprint density at radius 2 is 1.36 bits per heavy atom. The van der Waals surface area contributed by atoms with E-state index in [1.165, 1.54) is 0 Å². The van der Waals surface area contributed by atoms with Gasteiger partial charge in [-0.05, 0) is 12.8 Å². The van der Waals surface area contributed by atoms with Gasteiger partial charge in [0.1, 0.15) is 0 Å². The third-order valence-corrected chi connectivity index (χ3v) is 4.45. The van der Waals surface area contributed by atoms with Crippen LogP contribution in [-0.2, 0) is 9.47 Å². The smallest absolute Gasteiger partial charge is 0.172 e. The molecular formula is C16H26N4O2. The Balaban J connectivity index is 1.80. The second kappa shape index (κ2) is 7.24. The Hall–Kier alpha value is -1.40. The molecule has 0 bridgehead atoms. The summed E-state index contributed by atoms with van der Waals surface area (Å²) in [5.41, 5.74) is 0. The Kier molecular flexibility index (Phi) is 5.10. The van der Waals surface area contributed by atoms with E-state index in [4.69, 9.17) is 9.47 Å². The average Bonchev–Trinajstić information content (AvgIpc) is 2.62. The van der Waals surface area contributed by atoms with Gasteiger partial charge in [0.25, 0.3) is 0 Å². The molecule has 1 aromatic heterocycles. The third-order valence-electron chi connectivity index (χ3n) is 4.45. The SMILES string of the molecule is CC[C@H]1CN(c2nccnc2N2CCO[C@@H](CC)C2)CCO1. The van der Waals surface area contributed by atoms with Gasteiger partial charge >= 0.3 is 0 Å². The standard InChI is InChI=1S/C16H26N4O2/c1-3-13-11-19(7-9-21-13)15-16(18-6-5-17-15)20-8-10-22-14(4-2)12-20/h5-6,13-14H,3-4,7-12H2,1-2H3/t13-,14-/m0/s1. The van der Waals surface area contributed by atoms with Gasteiger partial charge in [-0.15, -0.1) is 0 Å². The number of hydrogen-bond donors (Lipinski definition) is 0. The summed E-state index contributed by atoms with van der Waals surface area (Å²) in [6.45, 7) is 9.39. The highest BCUT2D eigenvalue weighted by Crippen LogP contribution is 2.28. The Bertz CT molecular complexity index is 442. The van der Waals surface area contributed by atoms with Gasteiger partial charge < -0.3 is 19.3 Å². The Morgan fingerprint density at radius 3 is 1.77 bits per heavy atom. The predicted octanol–water partition coefficient (Wildman–Crippen LogP) is 1.71. The largest absolute Gasteiger partial charge is 0.375 e. The molecule has 0 saturated carbocycles. The van der Waals surface area contributed by atoms with Gasteiger partial charge in [0.05, 0.1) is 25.4 Å². The molecule has 0 amide bonds. The van der Waals surface area contributed by atoms with Crippen molar-refractivity contribution in [1.82, 2.24) is 9.97 Å². The first-order valence-corrected chi connectivity index (χ1v) is 8.36. The summed E-state index contributed by atoms with van der Waals surface area (Å²) >= 11 is 0. The second-order valence-electron chi connectivity index (χ2n) is 5.90. The molecule has 3 rings (SSSR count). The van der Waals surface area contributed by atoms with Crippen molar-refractivity contribution in [2.45, 2.75) is 38.9 Å². The molecule has 0 unspecified atom stereocenters. The highest BCUT2D eigenvalue weighted by atomic mass is 16.5. The molecule has 122 valence electrons. The van der Waals surface area contributed by atoms with E-state index in [1.807, 2.05) is 0 Å². The monoisotopic (exact) mass is 306 g/mol. The maximum Gasteiger partial charge on any atom is 0.172 e. The number of ether oxygens (including phenoxy) is 2. The maximum absolute atomic E-state index is 5.78. The van der Waals surface area contributed by atoms with E-state index in [9.17, 15) is 0 Å². The van der Waals surface area contributed by atoms with Gasteiger partial charge in [0, 0.05) is 38.6 Å². The zero-order valence-electron chi connectivity index (χ0n) is 13.6. The van der Waals surface area contributed by atoms with Crippen LogP contribution in [-0.4, -0.2) is 61.6 Å². The van der Waals surface area contributed by atoms with E-state index >= 15 is 0 Å². The zero-order valence-corrected chi connectivity index (χ0v) is 13.6. The van der Waals surface area contributed by atoms with E-state index in [0.717, 1.165) is 63.9 Å². The van der Waals surface area contributed by atoms with E-state index in [1.54, 1.807) is 12.4 Å². The molecule has 6 nitrogen and oxygen atoms in total. The van der Waals surface area contributed by atoms with Crippen molar-refractivity contribution in [3.05, 3.63) is 12.4 Å². The molecule has 0 spiro atoms. The van der Waals surface area contributed by atoms with Crippen molar-refractivity contribution in [2.75, 3.05) is 49.2 Å². The van der Waals surface area contributed by atoms with E-state index in [2.05, 4.69) is 33.6 Å². The lowest BCUT2D eigenvalue weighted by Crippen LogP contribution is -2.46. The van der Waals surface area contributed by atoms with Crippen LogP contribution in [0.25, 0.3) is 0 Å². The van der Waals surface area contributed by atoms with Crippen LogP contribution < -0.4 is 9.80 Å². The first-order chi connectivity index (χ1) is 10.8. The average molecular weight is 306 g/mol. The number of morpholine rings is 2. The first kappa shape index (κ1) is 15.5. The molecule has 2 atom stereocenters. The highest BCUT2D eigenvalue weighted by molar-refractivity contribution is 5.62. The fourth-order valence-corrected chi connectivity index (χ4v) is 3.09. The number of nitrogens with zero attached hydrogens (tertiary/aromatic N) is 4. The molecule has 3 heterocycles. The number of anilines is 2. The molecule has 0 aliphatic carbocycles. The lowest BCUT2D eigenvalue weighted by molar-refractivity contribution is 0.0364. The van der Waals surface area contributed by atoms with Crippen molar-refractivity contribution in [3.63, 3.8) is 0 Å². The first-order valence-electron chi connectivity index (χ1n) is 8.36. The summed E-state index contributed by atoms with van der Waals surface area (Å²) in [6.07, 6.45) is 6.21. The second-order valence-corrected chi connectivity index (χ2v) is 5.90. The molecule has 2 saturated heterocycles. The van der Waals surface area contributed by atoms with Gasteiger partial charge in [-0.1, -0.05) is 13.8 Å². The number of hydrogen-bond acceptors (Lipinski definition) is 6. The fraction of sp³-hybridized carbons (Fsp3) is 0.750. The summed E-state index contributed by atoms with van der Waals surface area (Å²) in [7, 11) is 0. The van der Waals surface area contributed by atoms with Crippen molar-refractivity contribution in [3.8, 4) is 0 Å². The summed E-state index contributed by atoms with van der Waals surface area (Å²) in [4.78, 5) is 13.9. The summed E-state index contributed by atoms with van der Waals surface area (Å²) in [5, 5.41) is 0. The van der Waals surface area contributed by atoms with Crippen LogP contribution in [0.5, 0.6) is 0 Å². The van der Waals surface area contributed by atoms with Crippen LogP contribution in [0.1, 0.15) is 26.7 Å². The zero-order chi connectivity index (χ0) is 15.4. The van der Waals surface area contributed by atoms with Crippen LogP contribution in [0, 0.1) is 0 Å². The fourth-order valence-electron chi connectivity index (χ4n) is 3.09. The predicted molar refractivity (Wildman–Crippen MR) is 86.5 cm³/mol. The van der Waals surface area contributed by atoms with Gasteiger partial charge in [-0.3, -0.25) is 0 Å². The number of aromatic nitrogens is 2. The molecular weight excluding hydrogens is 280 g/mol. The van der Waals surface area contributed by atoms with Crippen molar-refractivity contribution in [2.24, 2.45) is 0 Å². The molecule has 22 heavy (non-hydrogen) atoms. The van der Waals surface area contributed by atoms with Crippen LogP contribution in [0.4, 0.5) is 11.6 Å². The van der Waals surface area contributed by atoms with Gasteiger partial charge in [-0.2, -0.15) is 0 Å². The van der Waals surface area contributed by atoms with E-state index in [0.29, 0.717) is 0 Å². The summed E-state index contributed by atoms with van der Waals surface area (Å²) < 4.78 is 11.6. The van der Waals surface area contributed by atoms with Crippen molar-refractivity contribution in [1.29, 1.82) is 0 Å². The molecule has 2 aliphatic heterocycles. The topological polar surface area (TPSA) is 50.7 Å². The minimum Gasteiger partial charge on any atom is -0.375 e. The van der Waals surface area contributed by atoms with Gasteiger partial charge in [0.15, 0.2) is 11.6 Å². The van der Waals surface area contributed by atoms with Crippen molar-refractivity contribution >= 4 is 11.6 Å². The van der Waals surface area contributed by atoms with Crippen LogP contribution >= 0.6 is 0 Å². The minimum atomic E-state index is 0.289. The Morgan fingerprint density at radius 1 is 0.909 bits per heavy atom. The van der Waals surface area contributed by atoms with Gasteiger partial charge in [0.2, 0.25) is 0 Å². The lowest BCUT2D eigenvalue weighted by Gasteiger charge is -2.38. The maximum atomic E-state index is 5.78. The highest BCUT2D eigenvalue weighted by Gasteiger charge is 2.27. The Labute approximate surface area is 132 Å². The molecule has 2 fully saturated rings. The molecule has 0 radical (unpaired) electrons. The molecule has 0 aromatic carbocycles. The van der Waals surface area contributed by atoms with Crippen LogP contribution in [0.3, 0.4) is 0 Å². The van der Waals surface area contributed by atoms with Crippen molar-refractivity contribution < 1.29 is 9.47 Å². The lowest BCUT2D eigenvalue weighted by atomic mass is 10.2. The summed E-state index contributed by atoms with van der Waals surface area (Å²) in [6, 6.07) is 0. The molecule has 1 aromatic rings. The third kappa shape index (κ3) is 3.33. The van der Waals surface area contributed by atoms with Gasteiger partial charge in [-0.25, -0.2) is 9.97 Å². The molecule has 0 N–H and O–H groups in total. The number of rotatable bonds is 4. The normalized spacial score (nSPS) is 26.3. The molecule has 2 aliphatic rings. The van der Waals surface area contributed by atoms with Crippen LogP contribution in [0.2, 0.25) is 0 Å². The van der Waals surface area contributed by atoms with E-state index in [-0.39, 0.29) is 12.2 Å². The van der Waals surface area contributed by atoms with E-state index < -0.39 is 0 Å². The summed E-state index contributed by atoms with van der Waals surface area (Å²) in [5.74, 6) is 1.97. The minimum absolute atomic E-state index is 0.289.